The van der Waals surface area contributed by atoms with Gasteiger partial charge in [-0.2, -0.15) is 5.10 Å². The predicted octanol–water partition coefficient (Wildman–Crippen LogP) is 3.62. The number of hydrazone groups is 2. The summed E-state index contributed by atoms with van der Waals surface area (Å²) in [5, 5.41) is 19.2. The molecule has 0 aliphatic carbocycles. The lowest BCUT2D eigenvalue weighted by molar-refractivity contribution is 0.0867. The molecule has 0 aromatic heterocycles. The van der Waals surface area contributed by atoms with E-state index >= 15 is 0 Å². The standard InChI is InChI=1S/C26H21N7O/c1-16-11-13-18(14-12-16)27-26-31-22(15-21(28-31)17-7-3-2-4-8-17)25-32-23(29-33(25)26)19-9-5-6-10-20(19)24(34)30-32/h2-14,26-27H,15H2,1H3,(H,30,34). The van der Waals surface area contributed by atoms with Crippen molar-refractivity contribution in [2.75, 3.05) is 5.32 Å². The minimum absolute atomic E-state index is 0.145. The molecule has 34 heavy (non-hydrogen) atoms. The normalized spacial score (nSPS) is 19.9. The van der Waals surface area contributed by atoms with Crippen LogP contribution in [0.5, 0.6) is 0 Å². The zero-order chi connectivity index (χ0) is 22.8. The average Bonchev–Trinajstić information content (AvgIpc) is 3.53. The number of nitrogens with one attached hydrogen (secondary N) is 2. The van der Waals surface area contributed by atoms with Crippen LogP contribution in [-0.2, 0) is 0 Å². The molecule has 1 atom stereocenters. The van der Waals surface area contributed by atoms with Gasteiger partial charge in [-0.1, -0.05) is 66.2 Å². The van der Waals surface area contributed by atoms with Crippen LogP contribution in [0.2, 0.25) is 0 Å². The van der Waals surface area contributed by atoms with Crippen LogP contribution in [0.15, 0.2) is 101 Å². The van der Waals surface area contributed by atoms with E-state index in [4.69, 9.17) is 10.2 Å². The summed E-state index contributed by atoms with van der Waals surface area (Å²) < 4.78 is 0. The number of carbonyl (C=O) groups excluding carboxylic acids is 1. The fourth-order valence-corrected chi connectivity index (χ4v) is 4.81. The SMILES string of the molecule is Cc1ccc(NC2N3N=C(c4ccccc4)CC3=C3N4NC(=O)c5ccccc5C4=NN32)cc1. The quantitative estimate of drug-likeness (QED) is 0.642. The van der Waals surface area contributed by atoms with E-state index in [1.165, 1.54) is 5.56 Å². The van der Waals surface area contributed by atoms with Crippen LogP contribution in [0.1, 0.15) is 33.5 Å². The summed E-state index contributed by atoms with van der Waals surface area (Å²) in [4.78, 5) is 12.9. The van der Waals surface area contributed by atoms with Crippen molar-refractivity contribution < 1.29 is 4.79 Å². The summed E-state index contributed by atoms with van der Waals surface area (Å²) in [6, 6.07) is 26.0. The smallest absolute Gasteiger partial charge is 0.270 e. The van der Waals surface area contributed by atoms with E-state index in [0.717, 1.165) is 34.0 Å². The Morgan fingerprint density at radius 1 is 0.882 bits per heavy atom. The average molecular weight is 448 g/mol. The molecule has 0 saturated carbocycles. The maximum atomic E-state index is 12.9. The predicted molar refractivity (Wildman–Crippen MR) is 129 cm³/mol. The van der Waals surface area contributed by atoms with E-state index in [-0.39, 0.29) is 12.2 Å². The van der Waals surface area contributed by atoms with E-state index in [9.17, 15) is 4.79 Å². The lowest BCUT2D eigenvalue weighted by Gasteiger charge is -2.28. The second-order valence-corrected chi connectivity index (χ2v) is 8.68. The molecule has 0 bridgehead atoms. The number of hydrogen-bond donors (Lipinski definition) is 2. The third kappa shape index (κ3) is 2.68. The van der Waals surface area contributed by atoms with Crippen molar-refractivity contribution in [1.82, 2.24) is 20.5 Å². The third-order valence-electron chi connectivity index (χ3n) is 6.48. The maximum absolute atomic E-state index is 12.9. The second kappa shape index (κ2) is 6.95. The molecule has 1 unspecified atom stereocenters. The Morgan fingerprint density at radius 3 is 2.41 bits per heavy atom. The van der Waals surface area contributed by atoms with Crippen molar-refractivity contribution in [3.8, 4) is 0 Å². The van der Waals surface area contributed by atoms with Crippen molar-refractivity contribution in [3.05, 3.63) is 113 Å². The highest BCUT2D eigenvalue weighted by Crippen LogP contribution is 2.43. The molecule has 3 aromatic carbocycles. The molecule has 8 heteroatoms. The van der Waals surface area contributed by atoms with Crippen molar-refractivity contribution >= 4 is 23.1 Å². The topological polar surface area (TPSA) is 75.6 Å². The number of benzene rings is 3. The summed E-state index contributed by atoms with van der Waals surface area (Å²) in [5.74, 6) is 1.38. The van der Waals surface area contributed by atoms with Crippen LogP contribution in [0.25, 0.3) is 0 Å². The molecule has 4 aliphatic rings. The van der Waals surface area contributed by atoms with E-state index in [2.05, 4.69) is 54.1 Å². The molecule has 0 radical (unpaired) electrons. The number of amidine groups is 1. The van der Waals surface area contributed by atoms with Gasteiger partial charge in [0.05, 0.1) is 17.0 Å². The summed E-state index contributed by atoms with van der Waals surface area (Å²) in [6.07, 6.45) is 0.273. The van der Waals surface area contributed by atoms with E-state index in [0.29, 0.717) is 17.8 Å². The molecule has 4 aliphatic heterocycles. The highest BCUT2D eigenvalue weighted by Gasteiger charge is 2.51. The van der Waals surface area contributed by atoms with Gasteiger partial charge in [0, 0.05) is 17.7 Å². The van der Waals surface area contributed by atoms with Crippen molar-refractivity contribution in [1.29, 1.82) is 0 Å². The van der Waals surface area contributed by atoms with Gasteiger partial charge in [-0.25, -0.2) is 15.0 Å². The summed E-state index contributed by atoms with van der Waals surface area (Å²) in [6.45, 7) is 2.07. The Kier molecular flexibility index (Phi) is 3.87. The number of anilines is 1. The van der Waals surface area contributed by atoms with Crippen molar-refractivity contribution in [2.24, 2.45) is 10.2 Å². The van der Waals surface area contributed by atoms with Gasteiger partial charge in [0.2, 0.25) is 6.29 Å². The number of hydrogen-bond acceptors (Lipinski definition) is 7. The first kappa shape index (κ1) is 18.9. The number of carbonyl (C=O) groups is 1. The maximum Gasteiger partial charge on any atom is 0.270 e. The van der Waals surface area contributed by atoms with Gasteiger partial charge in [-0.05, 0) is 30.7 Å². The van der Waals surface area contributed by atoms with Gasteiger partial charge in [-0.3, -0.25) is 10.2 Å². The number of rotatable bonds is 3. The largest absolute Gasteiger partial charge is 0.345 e. The fraction of sp³-hybridized carbons (Fsp3) is 0.115. The molecule has 7 rings (SSSR count). The summed E-state index contributed by atoms with van der Waals surface area (Å²) >= 11 is 0. The first-order valence-electron chi connectivity index (χ1n) is 11.2. The molecule has 0 saturated heterocycles. The van der Waals surface area contributed by atoms with Crippen molar-refractivity contribution in [3.63, 3.8) is 0 Å². The highest BCUT2D eigenvalue weighted by atomic mass is 16.2. The third-order valence-corrected chi connectivity index (χ3v) is 6.48. The first-order chi connectivity index (χ1) is 16.7. The van der Waals surface area contributed by atoms with Gasteiger partial charge >= 0.3 is 0 Å². The van der Waals surface area contributed by atoms with E-state index in [1.807, 2.05) is 52.5 Å². The zero-order valence-electron chi connectivity index (χ0n) is 18.4. The minimum atomic E-state index is -0.365. The second-order valence-electron chi connectivity index (χ2n) is 8.68. The Balaban J connectivity index is 1.33. The Morgan fingerprint density at radius 2 is 1.62 bits per heavy atom. The van der Waals surface area contributed by atoms with Crippen LogP contribution in [0, 0.1) is 6.92 Å². The molecule has 0 spiro atoms. The van der Waals surface area contributed by atoms with E-state index < -0.39 is 0 Å². The molecule has 1 amide bonds. The lowest BCUT2D eigenvalue weighted by Crippen LogP contribution is -2.49. The van der Waals surface area contributed by atoms with Crippen LogP contribution >= 0.6 is 0 Å². The zero-order valence-corrected chi connectivity index (χ0v) is 18.4. The van der Waals surface area contributed by atoms with Gasteiger partial charge in [-0.15, -0.1) is 5.10 Å². The number of hydrazine groups is 1. The highest BCUT2D eigenvalue weighted by molar-refractivity contribution is 6.14. The van der Waals surface area contributed by atoms with Crippen LogP contribution in [0.4, 0.5) is 5.69 Å². The van der Waals surface area contributed by atoms with E-state index in [1.54, 1.807) is 5.01 Å². The molecule has 8 nitrogen and oxygen atoms in total. The summed E-state index contributed by atoms with van der Waals surface area (Å²) in [7, 11) is 0. The number of nitrogens with zero attached hydrogens (tertiary/aromatic N) is 5. The Labute approximate surface area is 196 Å². The monoisotopic (exact) mass is 447 g/mol. The van der Waals surface area contributed by atoms with Crippen LogP contribution in [0.3, 0.4) is 0 Å². The summed E-state index contributed by atoms with van der Waals surface area (Å²) in [5.41, 5.74) is 9.67. The van der Waals surface area contributed by atoms with Gasteiger partial charge in [0.15, 0.2) is 11.7 Å². The molecular formula is C26H21N7O. The van der Waals surface area contributed by atoms with Gasteiger partial charge in [0.1, 0.15) is 0 Å². The Hall–Kier alpha value is -4.59. The fourth-order valence-electron chi connectivity index (χ4n) is 4.81. The lowest BCUT2D eigenvalue weighted by atomic mass is 10.0. The van der Waals surface area contributed by atoms with Gasteiger partial charge < -0.3 is 5.32 Å². The number of allylic oxidation sites excluding steroid dienone is 1. The molecule has 4 heterocycles. The van der Waals surface area contributed by atoms with Crippen molar-refractivity contribution in [2.45, 2.75) is 19.6 Å². The number of fused-ring (bicyclic) bond motifs is 6. The molecule has 166 valence electrons. The first-order valence-corrected chi connectivity index (χ1v) is 11.2. The molecular weight excluding hydrogens is 426 g/mol. The van der Waals surface area contributed by atoms with Crippen LogP contribution < -0.4 is 10.7 Å². The molecule has 2 N–H and O–H groups in total. The number of amides is 1. The minimum Gasteiger partial charge on any atom is -0.345 e. The van der Waals surface area contributed by atoms with Crippen LogP contribution in [-0.4, -0.2) is 38.8 Å². The molecule has 0 fully saturated rings. The Bertz CT molecular complexity index is 1430. The van der Waals surface area contributed by atoms with Gasteiger partial charge in [0.25, 0.3) is 5.91 Å². The number of aryl methyl sites for hydroxylation is 1. The molecule has 3 aromatic rings.